The number of nitrogens with zero attached hydrogens (tertiary/aromatic N) is 2. The third-order valence-electron chi connectivity index (χ3n) is 7.00. The van der Waals surface area contributed by atoms with Crippen molar-refractivity contribution < 1.29 is 0 Å². The molecular formula is C24H28N2OS. The average Bonchev–Trinajstić information content (AvgIpc) is 3.40. The minimum atomic E-state index is 0.00749. The number of rotatable bonds is 4. The van der Waals surface area contributed by atoms with Gasteiger partial charge in [0.1, 0.15) is 5.03 Å². The van der Waals surface area contributed by atoms with Crippen molar-refractivity contribution in [2.24, 2.45) is 0 Å². The predicted octanol–water partition coefficient (Wildman–Crippen LogP) is 5.67. The van der Waals surface area contributed by atoms with Gasteiger partial charge >= 0.3 is 0 Å². The lowest BCUT2D eigenvalue weighted by Crippen LogP contribution is -2.41. The molecule has 0 amide bonds. The summed E-state index contributed by atoms with van der Waals surface area (Å²) in [5, 5.41) is 6.01. The van der Waals surface area contributed by atoms with Crippen molar-refractivity contribution in [3.63, 3.8) is 0 Å². The maximum absolute atomic E-state index is 13.9. The largest absolute Gasteiger partial charge is 0.271 e. The molecule has 0 aliphatic heterocycles. The summed E-state index contributed by atoms with van der Waals surface area (Å²) in [5.41, 5.74) is 5.03. The van der Waals surface area contributed by atoms with Crippen molar-refractivity contribution >= 4 is 11.8 Å². The zero-order valence-corrected chi connectivity index (χ0v) is 17.3. The van der Waals surface area contributed by atoms with Crippen molar-refractivity contribution in [3.8, 4) is 11.1 Å². The van der Waals surface area contributed by atoms with E-state index >= 15 is 0 Å². The highest BCUT2D eigenvalue weighted by Crippen LogP contribution is 2.52. The minimum absolute atomic E-state index is 0.00749. The molecule has 1 aromatic carbocycles. The smallest absolute Gasteiger partial charge is 0.267 e. The summed E-state index contributed by atoms with van der Waals surface area (Å²) in [7, 11) is 0. The van der Waals surface area contributed by atoms with E-state index in [4.69, 9.17) is 5.10 Å². The zero-order chi connectivity index (χ0) is 19.1. The molecule has 5 rings (SSSR count). The third-order valence-corrected chi connectivity index (χ3v) is 7.96. The molecule has 0 saturated heterocycles. The van der Waals surface area contributed by atoms with Crippen LogP contribution in [0.5, 0.6) is 0 Å². The second-order valence-corrected chi connectivity index (χ2v) is 9.67. The Hall–Kier alpha value is -1.81. The fourth-order valence-corrected chi connectivity index (χ4v) is 6.53. The number of thioether (sulfide) groups is 1. The maximum atomic E-state index is 13.9. The summed E-state index contributed by atoms with van der Waals surface area (Å²) < 4.78 is 1.88. The van der Waals surface area contributed by atoms with Gasteiger partial charge in [0.25, 0.3) is 5.56 Å². The Labute approximate surface area is 171 Å². The standard InChI is InChI=1S/C24H28N2OS/c1-2-15-28-22-20-19-12-6-3-9-17(19)16-24(13-7-8-14-24)21(20)23(27)26(25-22)18-10-4-5-11-18/h2-3,6,9,12,18H,1,4-5,7-8,10-11,13-16H2. The maximum Gasteiger partial charge on any atom is 0.271 e. The van der Waals surface area contributed by atoms with Gasteiger partial charge in [-0.15, -0.1) is 6.58 Å². The number of hydrogen-bond donors (Lipinski definition) is 0. The Bertz CT molecular complexity index is 965. The van der Waals surface area contributed by atoms with Crippen LogP contribution in [0.1, 0.15) is 68.5 Å². The van der Waals surface area contributed by atoms with Crippen molar-refractivity contribution in [2.45, 2.75) is 74.3 Å². The lowest BCUT2D eigenvalue weighted by Gasteiger charge is -2.37. The molecule has 0 unspecified atom stereocenters. The monoisotopic (exact) mass is 392 g/mol. The highest BCUT2D eigenvalue weighted by atomic mass is 32.2. The second kappa shape index (κ2) is 7.22. The van der Waals surface area contributed by atoms with Crippen LogP contribution in [0.25, 0.3) is 11.1 Å². The molecular weight excluding hydrogens is 364 g/mol. The van der Waals surface area contributed by atoms with Crippen LogP contribution in [-0.4, -0.2) is 15.5 Å². The molecule has 1 heterocycles. The number of benzene rings is 1. The van der Waals surface area contributed by atoms with Crippen LogP contribution in [0.3, 0.4) is 0 Å². The summed E-state index contributed by atoms with van der Waals surface area (Å²) in [6.07, 6.45) is 12.2. The van der Waals surface area contributed by atoms with Crippen LogP contribution < -0.4 is 5.56 Å². The molecule has 2 fully saturated rings. The van der Waals surface area contributed by atoms with Gasteiger partial charge in [-0.05, 0) is 43.2 Å². The van der Waals surface area contributed by atoms with Crippen LogP contribution in [0, 0.1) is 0 Å². The third kappa shape index (κ3) is 2.80. The normalized spacial score (nSPS) is 20.3. The first-order valence-electron chi connectivity index (χ1n) is 10.7. The van der Waals surface area contributed by atoms with Crippen LogP contribution in [0.15, 0.2) is 46.7 Å². The summed E-state index contributed by atoms with van der Waals surface area (Å²) in [6.45, 7) is 3.90. The summed E-state index contributed by atoms with van der Waals surface area (Å²) in [5.74, 6) is 0.817. The van der Waals surface area contributed by atoms with Gasteiger partial charge in [-0.2, -0.15) is 5.10 Å². The number of aromatic nitrogens is 2. The van der Waals surface area contributed by atoms with E-state index in [0.717, 1.165) is 54.0 Å². The quantitative estimate of drug-likeness (QED) is 0.496. The fourth-order valence-electron chi connectivity index (χ4n) is 5.75. The Morgan fingerprint density at radius 1 is 1.18 bits per heavy atom. The van der Waals surface area contributed by atoms with Crippen LogP contribution in [0.4, 0.5) is 0 Å². The zero-order valence-electron chi connectivity index (χ0n) is 16.5. The minimum Gasteiger partial charge on any atom is -0.267 e. The summed E-state index contributed by atoms with van der Waals surface area (Å²) in [4.78, 5) is 13.9. The molecule has 28 heavy (non-hydrogen) atoms. The Morgan fingerprint density at radius 2 is 1.93 bits per heavy atom. The van der Waals surface area contributed by atoms with Gasteiger partial charge in [0.05, 0.1) is 6.04 Å². The molecule has 1 spiro atoms. The van der Waals surface area contributed by atoms with E-state index in [1.54, 1.807) is 11.8 Å². The van der Waals surface area contributed by atoms with E-state index in [2.05, 4.69) is 30.8 Å². The lowest BCUT2D eigenvalue weighted by molar-refractivity contribution is 0.387. The van der Waals surface area contributed by atoms with Gasteiger partial charge in [-0.1, -0.05) is 67.8 Å². The molecule has 2 aromatic rings. The number of hydrogen-bond acceptors (Lipinski definition) is 3. The molecule has 1 aromatic heterocycles. The van der Waals surface area contributed by atoms with Gasteiger partial charge in [-0.25, -0.2) is 4.68 Å². The van der Waals surface area contributed by atoms with E-state index in [-0.39, 0.29) is 17.0 Å². The van der Waals surface area contributed by atoms with Crippen LogP contribution in [-0.2, 0) is 11.8 Å². The lowest BCUT2D eigenvalue weighted by atomic mass is 9.67. The van der Waals surface area contributed by atoms with Crippen LogP contribution >= 0.6 is 11.8 Å². The molecule has 3 nitrogen and oxygen atoms in total. The van der Waals surface area contributed by atoms with E-state index in [0.29, 0.717) is 0 Å². The van der Waals surface area contributed by atoms with Gasteiger partial charge in [-0.3, -0.25) is 4.79 Å². The fraction of sp³-hybridized carbons (Fsp3) is 0.500. The van der Waals surface area contributed by atoms with E-state index in [1.807, 2.05) is 10.8 Å². The van der Waals surface area contributed by atoms with E-state index < -0.39 is 0 Å². The molecule has 2 saturated carbocycles. The molecule has 0 atom stereocenters. The predicted molar refractivity (Wildman–Crippen MR) is 116 cm³/mol. The van der Waals surface area contributed by atoms with Crippen molar-refractivity contribution in [3.05, 3.63) is 58.4 Å². The van der Waals surface area contributed by atoms with Gasteiger partial charge in [0.2, 0.25) is 0 Å². The average molecular weight is 393 g/mol. The van der Waals surface area contributed by atoms with Crippen molar-refractivity contribution in [2.75, 3.05) is 5.75 Å². The molecule has 3 aliphatic carbocycles. The first-order chi connectivity index (χ1) is 13.7. The molecule has 4 heteroatoms. The first kappa shape index (κ1) is 18.2. The topological polar surface area (TPSA) is 34.9 Å². The van der Waals surface area contributed by atoms with E-state index in [9.17, 15) is 4.79 Å². The van der Waals surface area contributed by atoms with Crippen molar-refractivity contribution in [1.29, 1.82) is 0 Å². The first-order valence-corrected chi connectivity index (χ1v) is 11.7. The van der Waals surface area contributed by atoms with Crippen molar-refractivity contribution in [1.82, 2.24) is 9.78 Å². The summed E-state index contributed by atoms with van der Waals surface area (Å²) >= 11 is 1.73. The van der Waals surface area contributed by atoms with Crippen LogP contribution in [0.2, 0.25) is 0 Å². The molecule has 0 bridgehead atoms. The Balaban J connectivity index is 1.81. The van der Waals surface area contributed by atoms with E-state index in [1.165, 1.54) is 36.8 Å². The SMILES string of the molecule is C=CCSc1nn(C2CCCC2)c(=O)c2c1-c1ccccc1CC21CCCC1. The Kier molecular flexibility index (Phi) is 4.70. The highest BCUT2D eigenvalue weighted by Gasteiger charge is 2.45. The summed E-state index contributed by atoms with van der Waals surface area (Å²) in [6, 6.07) is 8.95. The van der Waals surface area contributed by atoms with Gasteiger partial charge < -0.3 is 0 Å². The molecule has 0 N–H and O–H groups in total. The Morgan fingerprint density at radius 3 is 2.68 bits per heavy atom. The number of fused-ring (bicyclic) bond motifs is 4. The molecule has 0 radical (unpaired) electrons. The van der Waals surface area contributed by atoms with Gasteiger partial charge in [0, 0.05) is 22.3 Å². The van der Waals surface area contributed by atoms with Gasteiger partial charge in [0.15, 0.2) is 0 Å². The molecule has 3 aliphatic rings. The molecule has 146 valence electrons. The second-order valence-electron chi connectivity index (χ2n) is 8.66. The highest BCUT2D eigenvalue weighted by molar-refractivity contribution is 7.99.